The van der Waals surface area contributed by atoms with Gasteiger partial charge < -0.3 is 5.32 Å². The predicted molar refractivity (Wildman–Crippen MR) is 91.0 cm³/mol. The molecule has 21 heavy (non-hydrogen) atoms. The Morgan fingerprint density at radius 2 is 1.95 bits per heavy atom. The molecule has 0 radical (unpaired) electrons. The van der Waals surface area contributed by atoms with Gasteiger partial charge in [0.25, 0.3) is 0 Å². The number of carbonyl (C=O) groups is 1. The third kappa shape index (κ3) is 5.55. The lowest BCUT2D eigenvalue weighted by Crippen LogP contribution is -2.36. The number of carbonyl (C=O) groups excluding carboxylic acids is 1. The number of halogens is 1. The summed E-state index contributed by atoms with van der Waals surface area (Å²) in [5.74, 6) is 0.851. The molecule has 4 heteroatoms. The van der Waals surface area contributed by atoms with Gasteiger partial charge in [-0.15, -0.1) is 11.8 Å². The fraction of sp³-hybridized carbons (Fsp3) is 0.588. The molecule has 0 aliphatic heterocycles. The van der Waals surface area contributed by atoms with Gasteiger partial charge in [-0.3, -0.25) is 4.79 Å². The van der Waals surface area contributed by atoms with Crippen molar-refractivity contribution in [3.05, 3.63) is 29.3 Å². The number of nitrogens with one attached hydrogen (secondary N) is 1. The fourth-order valence-electron chi connectivity index (χ4n) is 2.75. The Morgan fingerprint density at radius 1 is 1.29 bits per heavy atom. The van der Waals surface area contributed by atoms with Gasteiger partial charge in [-0.25, -0.2) is 0 Å². The summed E-state index contributed by atoms with van der Waals surface area (Å²) in [7, 11) is 0. The van der Waals surface area contributed by atoms with Gasteiger partial charge >= 0.3 is 0 Å². The van der Waals surface area contributed by atoms with Crippen molar-refractivity contribution in [1.29, 1.82) is 0 Å². The molecule has 0 spiro atoms. The van der Waals surface area contributed by atoms with Crippen LogP contribution >= 0.6 is 23.4 Å². The first-order valence-corrected chi connectivity index (χ1v) is 9.14. The maximum absolute atomic E-state index is 12.3. The van der Waals surface area contributed by atoms with Gasteiger partial charge in [-0.1, -0.05) is 37.8 Å². The van der Waals surface area contributed by atoms with Crippen LogP contribution in [0.5, 0.6) is 0 Å². The number of benzene rings is 1. The number of rotatable bonds is 6. The Hall–Kier alpha value is -0.670. The van der Waals surface area contributed by atoms with E-state index in [0.717, 1.165) is 22.9 Å². The first-order chi connectivity index (χ1) is 10.2. The van der Waals surface area contributed by atoms with Crippen LogP contribution in [0.2, 0.25) is 5.02 Å². The highest BCUT2D eigenvalue weighted by Crippen LogP contribution is 2.27. The van der Waals surface area contributed by atoms with Gasteiger partial charge in [0, 0.05) is 16.5 Å². The Balaban J connectivity index is 1.81. The molecule has 2 nitrogen and oxygen atoms in total. The number of hydrogen-bond donors (Lipinski definition) is 1. The van der Waals surface area contributed by atoms with Crippen LogP contribution in [-0.4, -0.2) is 17.7 Å². The summed E-state index contributed by atoms with van der Waals surface area (Å²) in [6.07, 6.45) is 7.36. The molecule has 1 atom stereocenters. The van der Waals surface area contributed by atoms with Crippen LogP contribution in [0, 0.1) is 5.92 Å². The van der Waals surface area contributed by atoms with E-state index in [1.54, 1.807) is 11.8 Å². The molecule has 1 N–H and O–H groups in total. The van der Waals surface area contributed by atoms with Crippen molar-refractivity contribution in [3.63, 3.8) is 0 Å². The Kier molecular flexibility index (Phi) is 6.91. The second-order valence-corrected chi connectivity index (χ2v) is 7.43. The van der Waals surface area contributed by atoms with Crippen molar-refractivity contribution < 1.29 is 4.79 Å². The Morgan fingerprint density at radius 3 is 2.57 bits per heavy atom. The van der Waals surface area contributed by atoms with Gasteiger partial charge in [-0.2, -0.15) is 0 Å². The lowest BCUT2D eigenvalue weighted by molar-refractivity contribution is -0.120. The van der Waals surface area contributed by atoms with Crippen LogP contribution in [0.1, 0.15) is 45.4 Å². The minimum absolute atomic E-state index is 0.0187. The van der Waals surface area contributed by atoms with Crippen molar-refractivity contribution in [3.8, 4) is 0 Å². The summed E-state index contributed by atoms with van der Waals surface area (Å²) >= 11 is 7.51. The van der Waals surface area contributed by atoms with E-state index in [-0.39, 0.29) is 11.2 Å². The van der Waals surface area contributed by atoms with Crippen molar-refractivity contribution in [2.75, 3.05) is 6.54 Å². The highest BCUT2D eigenvalue weighted by Gasteiger charge is 2.20. The molecule has 0 saturated heterocycles. The van der Waals surface area contributed by atoms with Crippen molar-refractivity contribution in [1.82, 2.24) is 5.32 Å². The van der Waals surface area contributed by atoms with Crippen LogP contribution in [0.25, 0.3) is 0 Å². The zero-order chi connectivity index (χ0) is 15.1. The predicted octanol–water partition coefficient (Wildman–Crippen LogP) is 4.91. The standard InChI is InChI=1S/C17H24ClNOS/c1-2-16(21-15-10-8-14(18)9-11-15)17(20)19-12-13-6-4-3-5-7-13/h8-11,13,16H,2-7,12H2,1H3,(H,19,20)/t16-/m0/s1. The first-order valence-electron chi connectivity index (χ1n) is 7.89. The lowest BCUT2D eigenvalue weighted by Gasteiger charge is -2.23. The molecule has 1 fully saturated rings. The lowest BCUT2D eigenvalue weighted by atomic mass is 9.89. The van der Waals surface area contributed by atoms with Crippen molar-refractivity contribution >= 4 is 29.3 Å². The minimum atomic E-state index is -0.0187. The first kappa shape index (κ1) is 16.7. The van der Waals surface area contributed by atoms with Crippen molar-refractivity contribution in [2.45, 2.75) is 55.6 Å². The van der Waals surface area contributed by atoms with E-state index in [4.69, 9.17) is 11.6 Å². The molecule has 116 valence electrons. The third-order valence-corrected chi connectivity index (χ3v) is 5.67. The molecule has 2 rings (SSSR count). The van der Waals surface area contributed by atoms with E-state index in [0.29, 0.717) is 5.92 Å². The fourth-order valence-corrected chi connectivity index (χ4v) is 3.85. The zero-order valence-electron chi connectivity index (χ0n) is 12.6. The van der Waals surface area contributed by atoms with Crippen LogP contribution < -0.4 is 5.32 Å². The molecule has 0 heterocycles. The van der Waals surface area contributed by atoms with E-state index >= 15 is 0 Å². The molecule has 0 bridgehead atoms. The smallest absolute Gasteiger partial charge is 0.233 e. The van der Waals surface area contributed by atoms with E-state index in [1.165, 1.54) is 32.1 Å². The molecular formula is C17H24ClNOS. The molecular weight excluding hydrogens is 302 g/mol. The molecule has 0 unspecified atom stereocenters. The SMILES string of the molecule is CC[C@H](Sc1ccc(Cl)cc1)C(=O)NCC1CCCCC1. The summed E-state index contributed by atoms with van der Waals surface area (Å²) in [5, 5.41) is 3.86. The number of thioether (sulfide) groups is 1. The summed E-state index contributed by atoms with van der Waals surface area (Å²) in [6, 6.07) is 7.70. The van der Waals surface area contributed by atoms with Crippen LogP contribution in [0.15, 0.2) is 29.2 Å². The summed E-state index contributed by atoms with van der Waals surface area (Å²) < 4.78 is 0. The molecule has 1 aliphatic rings. The van der Waals surface area contributed by atoms with Gasteiger partial charge in [0.05, 0.1) is 5.25 Å². The van der Waals surface area contributed by atoms with Crippen LogP contribution in [0.4, 0.5) is 0 Å². The normalized spacial score (nSPS) is 17.4. The largest absolute Gasteiger partial charge is 0.355 e. The molecule has 1 aromatic carbocycles. The van der Waals surface area contributed by atoms with Gasteiger partial charge in [0.1, 0.15) is 0 Å². The maximum atomic E-state index is 12.3. The topological polar surface area (TPSA) is 29.1 Å². The van der Waals surface area contributed by atoms with Gasteiger partial charge in [-0.05, 0) is 49.4 Å². The van der Waals surface area contributed by atoms with E-state index < -0.39 is 0 Å². The second-order valence-electron chi connectivity index (χ2n) is 5.72. The average Bonchev–Trinajstić information content (AvgIpc) is 2.53. The van der Waals surface area contributed by atoms with E-state index in [9.17, 15) is 4.79 Å². The average molecular weight is 326 g/mol. The Labute approximate surface area is 137 Å². The van der Waals surface area contributed by atoms with Crippen molar-refractivity contribution in [2.24, 2.45) is 5.92 Å². The van der Waals surface area contributed by atoms with Gasteiger partial charge in [0.15, 0.2) is 0 Å². The van der Waals surface area contributed by atoms with Crippen LogP contribution in [0.3, 0.4) is 0 Å². The summed E-state index contributed by atoms with van der Waals surface area (Å²) in [4.78, 5) is 13.4. The second kappa shape index (κ2) is 8.70. The van der Waals surface area contributed by atoms with Crippen LogP contribution in [-0.2, 0) is 4.79 Å². The quantitative estimate of drug-likeness (QED) is 0.753. The Bertz CT molecular complexity index is 443. The molecule has 1 aromatic rings. The van der Waals surface area contributed by atoms with E-state index in [1.807, 2.05) is 24.3 Å². The molecule has 1 amide bonds. The van der Waals surface area contributed by atoms with Gasteiger partial charge in [0.2, 0.25) is 5.91 Å². The minimum Gasteiger partial charge on any atom is -0.355 e. The monoisotopic (exact) mass is 325 g/mol. The zero-order valence-corrected chi connectivity index (χ0v) is 14.2. The van der Waals surface area contributed by atoms with E-state index in [2.05, 4.69) is 12.2 Å². The molecule has 0 aromatic heterocycles. The number of amides is 1. The summed E-state index contributed by atoms with van der Waals surface area (Å²) in [5.41, 5.74) is 0. The molecule has 1 aliphatic carbocycles. The molecule has 1 saturated carbocycles. The summed E-state index contributed by atoms with van der Waals surface area (Å²) in [6.45, 7) is 2.91. The highest BCUT2D eigenvalue weighted by molar-refractivity contribution is 8.00. The highest BCUT2D eigenvalue weighted by atomic mass is 35.5. The third-order valence-electron chi connectivity index (χ3n) is 4.04. The maximum Gasteiger partial charge on any atom is 0.233 e. The number of hydrogen-bond acceptors (Lipinski definition) is 2.